The molecule has 0 radical (unpaired) electrons. The summed E-state index contributed by atoms with van der Waals surface area (Å²) >= 11 is 0. The van der Waals surface area contributed by atoms with E-state index < -0.39 is 17.6 Å². The van der Waals surface area contributed by atoms with E-state index in [0.717, 1.165) is 6.08 Å². The molecular formula is C25H22F3NO2. The van der Waals surface area contributed by atoms with E-state index in [-0.39, 0.29) is 18.3 Å². The Hall–Kier alpha value is -3.41. The molecular weight excluding hydrogens is 403 g/mol. The highest BCUT2D eigenvalue weighted by atomic mass is 19.1. The Bertz CT molecular complexity index is 1100. The first-order valence-corrected chi connectivity index (χ1v) is 9.91. The second-order valence-corrected chi connectivity index (χ2v) is 7.24. The minimum Gasteiger partial charge on any atom is -0.461 e. The molecule has 1 heterocycles. The number of rotatable bonds is 6. The Morgan fingerprint density at radius 2 is 1.55 bits per heavy atom. The monoisotopic (exact) mass is 425 g/mol. The van der Waals surface area contributed by atoms with E-state index in [4.69, 9.17) is 4.74 Å². The minimum absolute atomic E-state index is 0.0453. The van der Waals surface area contributed by atoms with Crippen LogP contribution in [-0.2, 0) is 9.53 Å². The van der Waals surface area contributed by atoms with Gasteiger partial charge in [0.2, 0.25) is 5.83 Å². The number of ether oxygens (including phenoxy) is 1. The predicted molar refractivity (Wildman–Crippen MR) is 115 cm³/mol. The molecule has 3 aromatic rings. The van der Waals surface area contributed by atoms with Crippen LogP contribution < -0.4 is 0 Å². The number of halogens is 3. The smallest absolute Gasteiger partial charge is 0.367 e. The van der Waals surface area contributed by atoms with Gasteiger partial charge in [0.1, 0.15) is 11.6 Å². The Morgan fingerprint density at radius 3 is 2.06 bits per heavy atom. The van der Waals surface area contributed by atoms with Crippen LogP contribution >= 0.6 is 0 Å². The number of esters is 1. The molecule has 1 aromatic heterocycles. The molecule has 0 aliphatic rings. The lowest BCUT2D eigenvalue weighted by Gasteiger charge is -2.17. The van der Waals surface area contributed by atoms with Crippen LogP contribution in [0.1, 0.15) is 37.9 Å². The van der Waals surface area contributed by atoms with E-state index in [1.54, 1.807) is 37.3 Å². The van der Waals surface area contributed by atoms with Crippen molar-refractivity contribution in [3.05, 3.63) is 83.3 Å². The van der Waals surface area contributed by atoms with Crippen molar-refractivity contribution in [2.75, 3.05) is 6.61 Å². The summed E-state index contributed by atoms with van der Waals surface area (Å²) in [6.07, 6.45) is 1.10. The zero-order chi connectivity index (χ0) is 22.5. The summed E-state index contributed by atoms with van der Waals surface area (Å²) in [6, 6.07) is 13.3. The number of benzene rings is 2. The number of nitrogens with zero attached hydrogens (tertiary/aromatic N) is 1. The number of pyridine rings is 1. The van der Waals surface area contributed by atoms with E-state index in [1.807, 2.05) is 13.8 Å². The highest BCUT2D eigenvalue weighted by Crippen LogP contribution is 2.35. The van der Waals surface area contributed by atoms with Gasteiger partial charge in [-0.1, -0.05) is 26.0 Å². The minimum atomic E-state index is -1.06. The molecule has 0 saturated heterocycles. The molecule has 3 nitrogen and oxygen atoms in total. The molecule has 6 heteroatoms. The highest BCUT2D eigenvalue weighted by Gasteiger charge is 2.19. The van der Waals surface area contributed by atoms with Crippen molar-refractivity contribution < 1.29 is 22.7 Å². The Balaban J connectivity index is 2.28. The topological polar surface area (TPSA) is 39.2 Å². The third-order valence-electron chi connectivity index (χ3n) is 4.67. The normalized spacial score (nSPS) is 11.6. The largest absolute Gasteiger partial charge is 0.461 e. The van der Waals surface area contributed by atoms with Gasteiger partial charge in [0.05, 0.1) is 18.0 Å². The first kappa shape index (κ1) is 22.3. The van der Waals surface area contributed by atoms with E-state index in [0.29, 0.717) is 33.6 Å². The molecule has 0 spiro atoms. The van der Waals surface area contributed by atoms with E-state index in [2.05, 4.69) is 4.98 Å². The van der Waals surface area contributed by atoms with E-state index in [1.165, 1.54) is 24.3 Å². The molecule has 0 fully saturated rings. The van der Waals surface area contributed by atoms with Crippen LogP contribution in [0.2, 0.25) is 0 Å². The third-order valence-corrected chi connectivity index (χ3v) is 4.67. The van der Waals surface area contributed by atoms with Crippen LogP contribution in [0.3, 0.4) is 0 Å². The summed E-state index contributed by atoms with van der Waals surface area (Å²) < 4.78 is 46.3. The fourth-order valence-corrected chi connectivity index (χ4v) is 3.19. The van der Waals surface area contributed by atoms with Crippen molar-refractivity contribution >= 4 is 12.0 Å². The maximum absolute atomic E-state index is 14.6. The molecule has 0 aliphatic carbocycles. The zero-order valence-corrected chi connectivity index (χ0v) is 17.5. The Morgan fingerprint density at radius 1 is 1.00 bits per heavy atom. The highest BCUT2D eigenvalue weighted by molar-refractivity contribution is 5.93. The quantitative estimate of drug-likeness (QED) is 0.326. The summed E-state index contributed by atoms with van der Waals surface area (Å²) in [5, 5.41) is 0. The molecule has 0 atom stereocenters. The van der Waals surface area contributed by atoms with Crippen LogP contribution in [0.4, 0.5) is 13.2 Å². The van der Waals surface area contributed by atoms with Crippen molar-refractivity contribution in [3.8, 4) is 22.4 Å². The van der Waals surface area contributed by atoms with Crippen molar-refractivity contribution in [3.63, 3.8) is 0 Å². The number of aromatic nitrogens is 1. The van der Waals surface area contributed by atoms with Crippen LogP contribution in [0.15, 0.2) is 60.4 Å². The van der Waals surface area contributed by atoms with Gasteiger partial charge in [-0.2, -0.15) is 4.39 Å². The fraction of sp³-hybridized carbons (Fsp3) is 0.200. The SMILES string of the molecule is CCOC(=O)C(F)=Cc1c(-c2ccc(F)cc2)cc(-c2ccc(F)cc2)nc1C(C)C. The van der Waals surface area contributed by atoms with E-state index >= 15 is 0 Å². The molecule has 0 unspecified atom stereocenters. The van der Waals surface area contributed by atoms with Crippen molar-refractivity contribution in [2.45, 2.75) is 26.7 Å². The number of hydrogen-bond donors (Lipinski definition) is 0. The molecule has 0 aliphatic heterocycles. The lowest BCUT2D eigenvalue weighted by Crippen LogP contribution is -2.06. The maximum Gasteiger partial charge on any atom is 0.367 e. The van der Waals surface area contributed by atoms with Gasteiger partial charge in [0.15, 0.2) is 0 Å². The summed E-state index contributed by atoms with van der Waals surface area (Å²) in [5.74, 6) is -3.02. The van der Waals surface area contributed by atoms with Crippen LogP contribution in [-0.4, -0.2) is 17.6 Å². The summed E-state index contributed by atoms with van der Waals surface area (Å²) in [6.45, 7) is 5.42. The molecule has 0 amide bonds. The van der Waals surface area contributed by atoms with Crippen molar-refractivity contribution in [1.29, 1.82) is 0 Å². The average molecular weight is 425 g/mol. The third kappa shape index (κ3) is 5.20. The average Bonchev–Trinajstić information content (AvgIpc) is 2.75. The van der Waals surface area contributed by atoms with Crippen LogP contribution in [0.25, 0.3) is 28.5 Å². The van der Waals surface area contributed by atoms with E-state index in [9.17, 15) is 18.0 Å². The zero-order valence-electron chi connectivity index (χ0n) is 17.5. The fourth-order valence-electron chi connectivity index (χ4n) is 3.19. The maximum atomic E-state index is 14.6. The van der Waals surface area contributed by atoms with Crippen molar-refractivity contribution in [1.82, 2.24) is 4.98 Å². The molecule has 160 valence electrons. The van der Waals surface area contributed by atoms with Gasteiger partial charge in [0.25, 0.3) is 0 Å². The summed E-state index contributed by atoms with van der Waals surface area (Å²) in [5.41, 5.74) is 3.36. The standard InChI is InChI=1S/C25H22F3NO2/c1-4-31-25(30)22(28)13-21-20(16-5-9-18(26)10-6-16)14-23(29-24(21)15(2)3)17-7-11-19(27)12-8-17/h5-15H,4H2,1-3H3. The van der Waals surface area contributed by atoms with Crippen LogP contribution in [0, 0.1) is 11.6 Å². The lowest BCUT2D eigenvalue weighted by atomic mass is 9.92. The molecule has 2 aromatic carbocycles. The number of carbonyl (C=O) groups is 1. The summed E-state index contributed by atoms with van der Waals surface area (Å²) in [4.78, 5) is 16.5. The second-order valence-electron chi connectivity index (χ2n) is 7.24. The Labute approximate surface area is 179 Å². The molecule has 31 heavy (non-hydrogen) atoms. The summed E-state index contributed by atoms with van der Waals surface area (Å²) in [7, 11) is 0. The van der Waals surface area contributed by atoms with Crippen LogP contribution in [0.5, 0.6) is 0 Å². The first-order valence-electron chi connectivity index (χ1n) is 9.91. The molecule has 0 N–H and O–H groups in total. The van der Waals surface area contributed by atoms with Gasteiger partial charge in [-0.3, -0.25) is 4.98 Å². The van der Waals surface area contributed by atoms with Gasteiger partial charge >= 0.3 is 5.97 Å². The number of hydrogen-bond acceptors (Lipinski definition) is 3. The van der Waals surface area contributed by atoms with Crippen molar-refractivity contribution in [2.24, 2.45) is 0 Å². The van der Waals surface area contributed by atoms with Gasteiger partial charge < -0.3 is 4.74 Å². The molecule has 3 rings (SSSR count). The predicted octanol–water partition coefficient (Wildman–Crippen LogP) is 6.69. The lowest BCUT2D eigenvalue weighted by molar-refractivity contribution is -0.140. The first-order chi connectivity index (χ1) is 14.8. The Kier molecular flexibility index (Phi) is 6.90. The van der Waals surface area contributed by atoms with Gasteiger partial charge in [0, 0.05) is 11.1 Å². The van der Waals surface area contributed by atoms with Gasteiger partial charge in [-0.25, -0.2) is 13.6 Å². The second kappa shape index (κ2) is 9.60. The van der Waals surface area contributed by atoms with Gasteiger partial charge in [-0.15, -0.1) is 0 Å². The molecule has 0 bridgehead atoms. The number of carbonyl (C=O) groups excluding carboxylic acids is 1. The van der Waals surface area contributed by atoms with Gasteiger partial charge in [-0.05, 0) is 72.5 Å². The molecule has 0 saturated carbocycles.